The Hall–Kier alpha value is -2.47. The zero-order valence-electron chi connectivity index (χ0n) is 13.6. The molecule has 1 aliphatic heterocycles. The number of aromatic hydroxyl groups is 1. The van der Waals surface area contributed by atoms with Crippen molar-refractivity contribution in [3.63, 3.8) is 0 Å². The molecular formula is C19H17BrO5. The van der Waals surface area contributed by atoms with Crippen molar-refractivity contribution in [2.75, 3.05) is 20.3 Å². The van der Waals surface area contributed by atoms with Crippen LogP contribution < -0.4 is 14.2 Å². The van der Waals surface area contributed by atoms with Crippen LogP contribution in [0, 0.1) is 0 Å². The molecule has 130 valence electrons. The number of methoxy groups -OCH3 is 1. The van der Waals surface area contributed by atoms with Gasteiger partial charge in [-0.25, -0.2) is 0 Å². The first-order valence-electron chi connectivity index (χ1n) is 7.77. The normalized spacial score (nSPS) is 13.5. The van der Waals surface area contributed by atoms with E-state index in [0.29, 0.717) is 46.1 Å². The van der Waals surface area contributed by atoms with Crippen molar-refractivity contribution in [3.8, 4) is 23.0 Å². The van der Waals surface area contributed by atoms with Gasteiger partial charge in [-0.3, -0.25) is 4.79 Å². The maximum absolute atomic E-state index is 12.4. The minimum absolute atomic E-state index is 0.00776. The van der Waals surface area contributed by atoms with E-state index in [9.17, 15) is 9.90 Å². The molecule has 0 spiro atoms. The molecule has 0 bridgehead atoms. The second-order valence-corrected chi connectivity index (χ2v) is 6.31. The van der Waals surface area contributed by atoms with Gasteiger partial charge in [-0.1, -0.05) is 15.9 Å². The summed E-state index contributed by atoms with van der Waals surface area (Å²) in [6, 6.07) is 8.32. The summed E-state index contributed by atoms with van der Waals surface area (Å²) in [6.07, 6.45) is 3.90. The number of ketones is 1. The topological polar surface area (TPSA) is 65.0 Å². The Morgan fingerprint density at radius 3 is 2.72 bits per heavy atom. The third-order valence-electron chi connectivity index (χ3n) is 3.74. The molecule has 0 atom stereocenters. The van der Waals surface area contributed by atoms with Crippen LogP contribution >= 0.6 is 15.9 Å². The molecule has 25 heavy (non-hydrogen) atoms. The highest BCUT2D eigenvalue weighted by atomic mass is 79.9. The largest absolute Gasteiger partial charge is 0.504 e. The molecule has 0 saturated carbocycles. The minimum atomic E-state index is -0.169. The number of carbonyl (C=O) groups excluding carboxylic acids is 1. The van der Waals surface area contributed by atoms with E-state index in [1.807, 2.05) is 0 Å². The number of allylic oxidation sites excluding steroid dienone is 1. The number of phenolic OH excluding ortho intramolecular Hbond substituents is 1. The molecule has 0 aromatic heterocycles. The van der Waals surface area contributed by atoms with Crippen molar-refractivity contribution in [1.29, 1.82) is 0 Å². The van der Waals surface area contributed by atoms with Gasteiger partial charge in [-0.2, -0.15) is 0 Å². The maximum atomic E-state index is 12.4. The molecule has 1 N–H and O–H groups in total. The summed E-state index contributed by atoms with van der Waals surface area (Å²) in [5.41, 5.74) is 1.18. The van der Waals surface area contributed by atoms with Crippen LogP contribution in [0.1, 0.15) is 22.3 Å². The Morgan fingerprint density at radius 1 is 1.20 bits per heavy atom. The van der Waals surface area contributed by atoms with Gasteiger partial charge in [-0.15, -0.1) is 0 Å². The number of hydrogen-bond acceptors (Lipinski definition) is 5. The van der Waals surface area contributed by atoms with Gasteiger partial charge < -0.3 is 19.3 Å². The molecule has 0 saturated heterocycles. The first-order valence-corrected chi connectivity index (χ1v) is 8.56. The van der Waals surface area contributed by atoms with Crippen LogP contribution in [0.15, 0.2) is 40.9 Å². The first-order chi connectivity index (χ1) is 12.1. The molecule has 0 aliphatic carbocycles. The van der Waals surface area contributed by atoms with Gasteiger partial charge in [0.15, 0.2) is 28.8 Å². The molecule has 2 aromatic carbocycles. The molecule has 6 heteroatoms. The average Bonchev–Trinajstić information content (AvgIpc) is 2.86. The molecule has 3 rings (SSSR count). The number of halogens is 1. The lowest BCUT2D eigenvalue weighted by Gasteiger charge is -2.08. The van der Waals surface area contributed by atoms with Crippen LogP contribution in [-0.2, 0) is 0 Å². The maximum Gasteiger partial charge on any atom is 0.185 e. The van der Waals surface area contributed by atoms with Gasteiger partial charge in [0.05, 0.1) is 20.3 Å². The smallest absolute Gasteiger partial charge is 0.185 e. The van der Waals surface area contributed by atoms with Crippen LogP contribution in [0.3, 0.4) is 0 Å². The van der Waals surface area contributed by atoms with Crippen molar-refractivity contribution in [1.82, 2.24) is 0 Å². The number of phenols is 1. The van der Waals surface area contributed by atoms with Crippen LogP contribution in [-0.4, -0.2) is 31.2 Å². The lowest BCUT2D eigenvalue weighted by molar-refractivity contribution is 0.104. The third kappa shape index (κ3) is 3.96. The molecule has 0 radical (unpaired) electrons. The second kappa shape index (κ2) is 7.61. The molecule has 5 nitrogen and oxygen atoms in total. The van der Waals surface area contributed by atoms with E-state index < -0.39 is 0 Å². The summed E-state index contributed by atoms with van der Waals surface area (Å²) in [4.78, 5) is 12.4. The van der Waals surface area contributed by atoms with Crippen LogP contribution in [0.4, 0.5) is 0 Å². The molecule has 0 fully saturated rings. The lowest BCUT2D eigenvalue weighted by Crippen LogP contribution is -1.98. The van der Waals surface area contributed by atoms with Gasteiger partial charge in [-0.05, 0) is 48.0 Å². The summed E-state index contributed by atoms with van der Waals surface area (Å²) in [5, 5.41) is 9.86. The van der Waals surface area contributed by atoms with Gasteiger partial charge in [0.25, 0.3) is 0 Å². The Bertz CT molecular complexity index is 829. The van der Waals surface area contributed by atoms with Gasteiger partial charge >= 0.3 is 0 Å². The summed E-state index contributed by atoms with van der Waals surface area (Å²) in [5.74, 6) is 1.44. The number of rotatable bonds is 4. The SMILES string of the molecule is COc1cc(Br)c(C=CC(=O)c2ccc3c(c2)OCCCO3)cc1O. The Labute approximate surface area is 154 Å². The fourth-order valence-electron chi connectivity index (χ4n) is 2.43. The molecule has 0 unspecified atom stereocenters. The predicted molar refractivity (Wildman–Crippen MR) is 97.8 cm³/mol. The predicted octanol–water partition coefficient (Wildman–Crippen LogP) is 4.22. The fourth-order valence-corrected chi connectivity index (χ4v) is 2.88. The van der Waals surface area contributed by atoms with Crippen molar-refractivity contribution in [2.24, 2.45) is 0 Å². The van der Waals surface area contributed by atoms with E-state index >= 15 is 0 Å². The summed E-state index contributed by atoms with van der Waals surface area (Å²) in [7, 11) is 1.48. The Balaban J connectivity index is 1.81. The van der Waals surface area contributed by atoms with E-state index in [4.69, 9.17) is 14.2 Å². The van der Waals surface area contributed by atoms with E-state index in [-0.39, 0.29) is 11.5 Å². The second-order valence-electron chi connectivity index (χ2n) is 5.46. The Kier molecular flexibility index (Phi) is 5.28. The Morgan fingerprint density at radius 2 is 1.96 bits per heavy atom. The van der Waals surface area contributed by atoms with E-state index in [1.54, 1.807) is 30.3 Å². The quantitative estimate of drug-likeness (QED) is 0.610. The van der Waals surface area contributed by atoms with Gasteiger partial charge in [0.1, 0.15) is 0 Å². The monoisotopic (exact) mass is 404 g/mol. The third-order valence-corrected chi connectivity index (χ3v) is 4.43. The minimum Gasteiger partial charge on any atom is -0.504 e. The zero-order valence-corrected chi connectivity index (χ0v) is 15.2. The van der Waals surface area contributed by atoms with Crippen molar-refractivity contribution in [3.05, 3.63) is 52.0 Å². The molecule has 0 amide bonds. The van der Waals surface area contributed by atoms with E-state index in [2.05, 4.69) is 15.9 Å². The number of fused-ring (bicyclic) bond motifs is 1. The van der Waals surface area contributed by atoms with Crippen LogP contribution in [0.25, 0.3) is 6.08 Å². The standard InChI is InChI=1S/C19H17BrO5/c1-23-18-11-14(20)12(9-16(18)22)3-5-15(21)13-4-6-17-19(10-13)25-8-2-7-24-17/h3-6,9-11,22H,2,7-8H2,1H3. The highest BCUT2D eigenvalue weighted by Gasteiger charge is 2.13. The molecular weight excluding hydrogens is 388 g/mol. The highest BCUT2D eigenvalue weighted by molar-refractivity contribution is 9.10. The van der Waals surface area contributed by atoms with Crippen LogP contribution in [0.2, 0.25) is 0 Å². The molecule has 1 heterocycles. The van der Waals surface area contributed by atoms with Crippen molar-refractivity contribution in [2.45, 2.75) is 6.42 Å². The molecule has 1 aliphatic rings. The number of benzene rings is 2. The number of carbonyl (C=O) groups is 1. The van der Waals surface area contributed by atoms with Gasteiger partial charge in [0.2, 0.25) is 0 Å². The molecule has 2 aromatic rings. The average molecular weight is 405 g/mol. The number of hydrogen-bond donors (Lipinski definition) is 1. The van der Waals surface area contributed by atoms with E-state index in [1.165, 1.54) is 19.3 Å². The van der Waals surface area contributed by atoms with Crippen LogP contribution in [0.5, 0.6) is 23.0 Å². The highest BCUT2D eigenvalue weighted by Crippen LogP contribution is 2.33. The first kappa shape index (κ1) is 17.4. The summed E-state index contributed by atoms with van der Waals surface area (Å²) >= 11 is 3.40. The van der Waals surface area contributed by atoms with Crippen molar-refractivity contribution >= 4 is 27.8 Å². The fraction of sp³-hybridized carbons (Fsp3) is 0.211. The zero-order chi connectivity index (χ0) is 17.8. The van der Waals surface area contributed by atoms with E-state index in [0.717, 1.165) is 6.42 Å². The summed E-state index contributed by atoms with van der Waals surface area (Å²) < 4.78 is 16.9. The lowest BCUT2D eigenvalue weighted by atomic mass is 10.1. The van der Waals surface area contributed by atoms with Gasteiger partial charge in [0, 0.05) is 16.5 Å². The van der Waals surface area contributed by atoms with Crippen molar-refractivity contribution < 1.29 is 24.1 Å². The number of ether oxygens (including phenoxy) is 3. The summed E-state index contributed by atoms with van der Waals surface area (Å²) in [6.45, 7) is 1.17.